The summed E-state index contributed by atoms with van der Waals surface area (Å²) < 4.78 is 64.7. The summed E-state index contributed by atoms with van der Waals surface area (Å²) in [6, 6.07) is -0.709. The number of rotatable bonds is 10. The number of fused-ring (bicyclic) bond motifs is 4. The Kier molecular flexibility index (Phi) is 19.8. The van der Waals surface area contributed by atoms with Crippen LogP contribution >= 0.6 is 31.9 Å². The Hall–Kier alpha value is -1.22. The van der Waals surface area contributed by atoms with Crippen molar-refractivity contribution in [3.63, 3.8) is 0 Å². The molecule has 0 aromatic carbocycles. The molecule has 79 heavy (non-hydrogen) atoms. The van der Waals surface area contributed by atoms with E-state index in [4.69, 9.17) is 47.4 Å². The number of halogens is 2. The van der Waals surface area contributed by atoms with Crippen LogP contribution in [0.4, 0.5) is 0 Å². The molecule has 8 aliphatic rings. The first kappa shape index (κ1) is 65.3. The van der Waals surface area contributed by atoms with E-state index in [1.54, 1.807) is 27.9 Å². The molecule has 26 atom stereocenters. The Labute approximate surface area is 486 Å². The lowest BCUT2D eigenvalue weighted by Gasteiger charge is -2.47. The Morgan fingerprint density at radius 2 is 1.00 bits per heavy atom. The second-order valence-corrected chi connectivity index (χ2v) is 27.4. The molecule has 0 saturated carbocycles. The minimum Gasteiger partial charge on any atom is -0.459 e. The summed E-state index contributed by atoms with van der Waals surface area (Å²) in [6.45, 7) is 26.6. The number of hydrogen-bond donors (Lipinski definition) is 5. The van der Waals surface area contributed by atoms with E-state index in [1.165, 1.54) is 0 Å². The molecule has 6 saturated heterocycles. The summed E-state index contributed by atoms with van der Waals surface area (Å²) in [5.74, 6) is -6.20. The van der Waals surface area contributed by atoms with Crippen molar-refractivity contribution in [1.29, 1.82) is 0 Å². The van der Waals surface area contributed by atoms with Crippen molar-refractivity contribution in [3.05, 3.63) is 23.3 Å². The highest BCUT2D eigenvalue weighted by Gasteiger charge is 2.68. The minimum absolute atomic E-state index is 0.0689. The van der Waals surface area contributed by atoms with E-state index >= 15 is 0 Å². The van der Waals surface area contributed by atoms with Crippen molar-refractivity contribution in [1.82, 2.24) is 4.90 Å². The largest absolute Gasteiger partial charge is 0.459 e. The smallest absolute Gasteiger partial charge is 0.311 e. The van der Waals surface area contributed by atoms with E-state index in [9.17, 15) is 35.2 Å². The van der Waals surface area contributed by atoms with Gasteiger partial charge in [0.1, 0.15) is 29.5 Å². The molecule has 0 aromatic rings. The van der Waals surface area contributed by atoms with Crippen molar-refractivity contribution in [2.24, 2.45) is 35.5 Å². The first-order valence-corrected chi connectivity index (χ1v) is 31.1. The maximum absolute atomic E-state index is 13.4. The zero-order chi connectivity index (χ0) is 59.1. The average Bonchev–Trinajstić information content (AvgIpc) is 4.26. The minimum atomic E-state index is -1.14. The van der Waals surface area contributed by atoms with Gasteiger partial charge >= 0.3 is 11.9 Å². The van der Waals surface area contributed by atoms with E-state index in [2.05, 4.69) is 45.7 Å². The topological polar surface area (TPSA) is 231 Å². The number of aliphatic hydroxyl groups excluding tert-OH is 4. The lowest BCUT2D eigenvalue weighted by atomic mass is 9.78. The van der Waals surface area contributed by atoms with Crippen LogP contribution in [0, 0.1) is 35.5 Å². The Morgan fingerprint density at radius 1 is 0.620 bits per heavy atom. The summed E-state index contributed by atoms with van der Waals surface area (Å²) in [5, 5.41) is 57.4. The zero-order valence-electron chi connectivity index (χ0n) is 50.1. The fraction of sp³-hybridized carbons (Fsp3) is 0.897. The van der Waals surface area contributed by atoms with E-state index in [0.29, 0.717) is 49.2 Å². The molecule has 8 aliphatic heterocycles. The third-order valence-corrected chi connectivity index (χ3v) is 20.3. The van der Waals surface area contributed by atoms with E-state index in [-0.39, 0.29) is 30.1 Å². The molecule has 8 rings (SSSR count). The van der Waals surface area contributed by atoms with Gasteiger partial charge in [0, 0.05) is 46.8 Å². The van der Waals surface area contributed by atoms with Crippen molar-refractivity contribution >= 4 is 43.8 Å². The van der Waals surface area contributed by atoms with Gasteiger partial charge in [-0.15, -0.1) is 0 Å². The molecule has 0 radical (unpaired) electrons. The summed E-state index contributed by atoms with van der Waals surface area (Å²) in [5.41, 5.74) is -1.91. The molecule has 4 unspecified atom stereocenters. The van der Waals surface area contributed by atoms with Crippen LogP contribution in [-0.4, -0.2) is 206 Å². The number of ether oxygens (including phenoxy) is 10. The van der Waals surface area contributed by atoms with Gasteiger partial charge < -0.3 is 72.7 Å². The molecule has 5 N–H and O–H groups in total. The second-order valence-electron chi connectivity index (χ2n) is 26.3. The molecule has 454 valence electrons. The number of hydrogen-bond acceptors (Lipinski definition) is 18. The molecule has 2 spiro atoms. The highest BCUT2D eigenvalue weighted by molar-refractivity contribution is 9.09. The zero-order valence-corrected chi connectivity index (χ0v) is 53.3. The quantitative estimate of drug-likeness (QED) is 0.0505. The molecule has 19 nitrogen and oxygen atoms in total. The molecule has 6 fully saturated rings. The standard InChI is InChI=1S/C29H49BrNO9.C29H48BrNO8/c1-10-21-27(6)13-19(14-30)29(39-27)15(2)12-28(7,40-29)24(17(4)22(32)18(5)25(34)37-21)38-26-23(33)20(31(8,9)35)11-16(3)36-26;1-10-21-27(6)13-19(14-30)29(38-27)15(2)12-28(7,39-29)24(17(4)22(32)18(5)25(34)36-21)37-26-23(33)20(31(8)9)11-16(3)35-26/h13,15-18,20-24,26,32-33,35H,10-12,14H2,1-9H3;13,15-18,20-24,26,32-33H,10-12,14H2,1-9H3/q+1;/t2*15-,16-,17+,18-,20+,21-,22+,23-,24-,26+,27?,28-,29?/m11/s1. The van der Waals surface area contributed by atoms with Gasteiger partial charge in [-0.1, -0.05) is 73.4 Å². The highest BCUT2D eigenvalue weighted by atomic mass is 79.9. The van der Waals surface area contributed by atoms with E-state index < -0.39 is 142 Å². The van der Waals surface area contributed by atoms with Crippen molar-refractivity contribution in [2.75, 3.05) is 38.9 Å². The van der Waals surface area contributed by atoms with Gasteiger partial charge in [0.25, 0.3) is 0 Å². The number of hydroxylamine groups is 3. The van der Waals surface area contributed by atoms with Gasteiger partial charge in [-0.25, -0.2) is 5.21 Å². The Balaban J connectivity index is 0.000000229. The molecule has 0 amide bonds. The third-order valence-electron chi connectivity index (χ3n) is 19.1. The number of aliphatic hydroxyl groups is 4. The average molecular weight is 1250 g/mol. The number of alkyl halides is 2. The van der Waals surface area contributed by atoms with Crippen LogP contribution in [0.5, 0.6) is 0 Å². The number of cyclic esters (lactones) is 2. The maximum Gasteiger partial charge on any atom is 0.311 e. The van der Waals surface area contributed by atoms with Gasteiger partial charge in [0.15, 0.2) is 36.3 Å². The Morgan fingerprint density at radius 3 is 1.35 bits per heavy atom. The summed E-state index contributed by atoms with van der Waals surface area (Å²) >= 11 is 7.28. The van der Waals surface area contributed by atoms with Gasteiger partial charge in [-0.05, 0) is 125 Å². The van der Waals surface area contributed by atoms with Gasteiger partial charge in [0.2, 0.25) is 0 Å². The summed E-state index contributed by atoms with van der Waals surface area (Å²) in [4.78, 5) is 28.7. The van der Waals surface area contributed by atoms with E-state index in [0.717, 1.165) is 11.1 Å². The van der Waals surface area contributed by atoms with Crippen LogP contribution in [0.2, 0.25) is 0 Å². The lowest BCUT2D eigenvalue weighted by molar-refractivity contribution is -1.09. The van der Waals surface area contributed by atoms with Crippen molar-refractivity contribution in [3.8, 4) is 0 Å². The molecular formula is C58H97Br2N2O17+. The fourth-order valence-corrected chi connectivity index (χ4v) is 15.9. The molecule has 0 aliphatic carbocycles. The van der Waals surface area contributed by atoms with Crippen molar-refractivity contribution < 1.29 is 87.2 Å². The number of likely N-dealkylation sites (N-methyl/N-ethyl adjacent to an activating group) is 2. The summed E-state index contributed by atoms with van der Waals surface area (Å²) in [7, 11) is 7.07. The SMILES string of the molecule is CC[C@H]1OC(=O)[C@H](C)[C@@H](O)[C@H](C)[C@@H](O[C@@H]2O[C@H](C)C[C@H](N(C)C)[C@H]2O)[C@@]2(C)C[C@@H](C)C3(OC1(C)C=C3CBr)O2.CC[C@H]1OC(=O)[C@H](C)[C@@H](O)[C@H](C)[C@@H](O[C@@H]2O[C@H](C)C[C@H]([N+](C)(C)O)[C@H]2O)[C@@]2(C)C[C@@H](C)C3(OC1(C)C=C3CBr)O2. The number of esters is 2. The molecular weight excluding hydrogens is 1160 g/mol. The number of quaternary nitrogens is 1. The first-order valence-electron chi connectivity index (χ1n) is 28.9. The van der Waals surface area contributed by atoms with Crippen LogP contribution in [0.3, 0.4) is 0 Å². The summed E-state index contributed by atoms with van der Waals surface area (Å²) in [6.07, 6.45) is -2.08. The third kappa shape index (κ3) is 12.0. The molecule has 21 heteroatoms. The van der Waals surface area contributed by atoms with Crippen LogP contribution < -0.4 is 0 Å². The van der Waals surface area contributed by atoms with Crippen LogP contribution in [0.25, 0.3) is 0 Å². The predicted octanol–water partition coefficient (Wildman–Crippen LogP) is 6.68. The second kappa shape index (κ2) is 23.9. The maximum atomic E-state index is 13.4. The van der Waals surface area contributed by atoms with Crippen LogP contribution in [0.1, 0.15) is 135 Å². The van der Waals surface area contributed by atoms with Gasteiger partial charge in [-0.2, -0.15) is 4.65 Å². The molecule has 0 aromatic heterocycles. The fourth-order valence-electron chi connectivity index (χ4n) is 14.8. The van der Waals surface area contributed by atoms with E-state index in [1.807, 2.05) is 100 Å². The van der Waals surface area contributed by atoms with Crippen molar-refractivity contribution in [2.45, 2.75) is 255 Å². The van der Waals surface area contributed by atoms with Gasteiger partial charge in [-0.3, -0.25) is 9.59 Å². The number of carbonyl (C=O) groups is 2. The first-order chi connectivity index (χ1) is 36.5. The predicted molar refractivity (Wildman–Crippen MR) is 299 cm³/mol. The van der Waals surface area contributed by atoms with Gasteiger partial charge in [0.05, 0.1) is 73.8 Å². The monoisotopic (exact) mass is 1250 g/mol. The highest BCUT2D eigenvalue weighted by Crippen LogP contribution is 2.59. The Bertz CT molecular complexity index is 2240. The molecule has 8 heterocycles. The number of carbonyl (C=O) groups excluding carboxylic acids is 2. The number of nitrogens with zero attached hydrogens (tertiary/aromatic N) is 2. The van der Waals surface area contributed by atoms with Crippen LogP contribution in [-0.2, 0) is 57.0 Å². The van der Waals surface area contributed by atoms with Crippen LogP contribution in [0.15, 0.2) is 23.3 Å². The lowest BCUT2D eigenvalue weighted by Crippen LogP contribution is -2.63. The normalized spacial score (nSPS) is 50.5. The molecule has 6 bridgehead atoms.